The van der Waals surface area contributed by atoms with Crippen LogP contribution in [0.25, 0.3) is 0 Å². The molecule has 0 unspecified atom stereocenters. The van der Waals surface area contributed by atoms with Crippen molar-refractivity contribution in [2.75, 3.05) is 10.6 Å². The average Bonchev–Trinajstić information content (AvgIpc) is 3.28. The number of aromatic nitrogens is 2. The summed E-state index contributed by atoms with van der Waals surface area (Å²) in [5, 5.41) is 6.63. The molecule has 0 aliphatic heterocycles. The number of hydrogen-bond donors (Lipinski definition) is 2. The van der Waals surface area contributed by atoms with Crippen molar-refractivity contribution in [3.63, 3.8) is 0 Å². The summed E-state index contributed by atoms with van der Waals surface area (Å²) in [6.07, 6.45) is 5.38. The molecule has 3 rings (SSSR count). The Kier molecular flexibility index (Phi) is 3.75. The largest absolute Gasteiger partial charge is 0.366 e. The number of anilines is 2. The fourth-order valence-corrected chi connectivity index (χ4v) is 2.06. The standard InChI is InChI=1S/C15H15ClN4O/c1-9-11(16)3-2-4-12(9)20-15(21)13-7-18-14(8-17-13)19-10-5-6-10/h2-4,7-8,10H,5-6H2,1H3,(H,18,19)(H,20,21). The Morgan fingerprint density at radius 3 is 2.76 bits per heavy atom. The molecule has 0 spiro atoms. The molecule has 108 valence electrons. The van der Waals surface area contributed by atoms with Crippen molar-refractivity contribution in [3.05, 3.63) is 46.9 Å². The van der Waals surface area contributed by atoms with E-state index < -0.39 is 0 Å². The first-order chi connectivity index (χ1) is 10.1. The molecule has 0 bridgehead atoms. The van der Waals surface area contributed by atoms with E-state index in [2.05, 4.69) is 20.6 Å². The summed E-state index contributed by atoms with van der Waals surface area (Å²) in [4.78, 5) is 20.5. The molecule has 1 aromatic heterocycles. The number of nitrogens with one attached hydrogen (secondary N) is 2. The number of carbonyl (C=O) groups is 1. The first kappa shape index (κ1) is 13.8. The van der Waals surface area contributed by atoms with Gasteiger partial charge in [-0.05, 0) is 37.5 Å². The molecule has 5 nitrogen and oxygen atoms in total. The normalized spacial score (nSPS) is 13.8. The zero-order valence-corrected chi connectivity index (χ0v) is 12.3. The van der Waals surface area contributed by atoms with Gasteiger partial charge >= 0.3 is 0 Å². The highest BCUT2D eigenvalue weighted by Gasteiger charge is 2.21. The highest BCUT2D eigenvalue weighted by molar-refractivity contribution is 6.31. The number of halogens is 1. The lowest BCUT2D eigenvalue weighted by Crippen LogP contribution is -2.15. The fraction of sp³-hybridized carbons (Fsp3) is 0.267. The van der Waals surface area contributed by atoms with Crippen molar-refractivity contribution < 1.29 is 4.79 Å². The second-order valence-electron chi connectivity index (χ2n) is 5.07. The summed E-state index contributed by atoms with van der Waals surface area (Å²) < 4.78 is 0. The zero-order valence-electron chi connectivity index (χ0n) is 11.6. The van der Waals surface area contributed by atoms with Crippen molar-refractivity contribution in [2.45, 2.75) is 25.8 Å². The molecule has 0 saturated heterocycles. The summed E-state index contributed by atoms with van der Waals surface area (Å²) in [7, 11) is 0. The first-order valence-corrected chi connectivity index (χ1v) is 7.16. The van der Waals surface area contributed by atoms with Gasteiger partial charge in [0.05, 0.1) is 12.4 Å². The Morgan fingerprint density at radius 1 is 1.29 bits per heavy atom. The van der Waals surface area contributed by atoms with Gasteiger partial charge in [0, 0.05) is 16.8 Å². The molecule has 1 amide bonds. The minimum Gasteiger partial charge on any atom is -0.366 e. The maximum Gasteiger partial charge on any atom is 0.275 e. The van der Waals surface area contributed by atoms with Crippen LogP contribution in [0.5, 0.6) is 0 Å². The van der Waals surface area contributed by atoms with Crippen molar-refractivity contribution in [1.82, 2.24) is 9.97 Å². The Morgan fingerprint density at radius 2 is 2.10 bits per heavy atom. The molecule has 0 radical (unpaired) electrons. The van der Waals surface area contributed by atoms with Crippen LogP contribution in [0.2, 0.25) is 5.02 Å². The first-order valence-electron chi connectivity index (χ1n) is 6.78. The van der Waals surface area contributed by atoms with Gasteiger partial charge in [-0.2, -0.15) is 0 Å². The third-order valence-corrected chi connectivity index (χ3v) is 3.74. The van der Waals surface area contributed by atoms with E-state index in [4.69, 9.17) is 11.6 Å². The van der Waals surface area contributed by atoms with Gasteiger partial charge < -0.3 is 10.6 Å². The van der Waals surface area contributed by atoms with Crippen LogP contribution in [0.1, 0.15) is 28.9 Å². The van der Waals surface area contributed by atoms with Gasteiger partial charge in [-0.15, -0.1) is 0 Å². The van der Waals surface area contributed by atoms with E-state index in [0.29, 0.717) is 22.6 Å². The molecule has 1 fully saturated rings. The van der Waals surface area contributed by atoms with Gasteiger partial charge in [0.15, 0.2) is 0 Å². The van der Waals surface area contributed by atoms with E-state index in [9.17, 15) is 4.79 Å². The number of benzene rings is 1. The lowest BCUT2D eigenvalue weighted by molar-refractivity contribution is 0.102. The van der Waals surface area contributed by atoms with Crippen LogP contribution in [0, 0.1) is 6.92 Å². The second kappa shape index (κ2) is 5.69. The Bertz CT molecular complexity index is 668. The number of nitrogens with zero attached hydrogens (tertiary/aromatic N) is 2. The molecule has 1 aromatic carbocycles. The molecule has 1 aliphatic rings. The summed E-state index contributed by atoms with van der Waals surface area (Å²) in [6.45, 7) is 1.85. The predicted octanol–water partition coefficient (Wildman–Crippen LogP) is 3.27. The Balaban J connectivity index is 1.70. The van der Waals surface area contributed by atoms with Gasteiger partial charge in [-0.3, -0.25) is 4.79 Å². The van der Waals surface area contributed by atoms with Crippen LogP contribution >= 0.6 is 11.6 Å². The van der Waals surface area contributed by atoms with Crippen LogP contribution in [0.15, 0.2) is 30.6 Å². The number of hydrogen-bond acceptors (Lipinski definition) is 4. The highest BCUT2D eigenvalue weighted by atomic mass is 35.5. The van der Waals surface area contributed by atoms with Crippen LogP contribution < -0.4 is 10.6 Å². The Labute approximate surface area is 127 Å². The zero-order chi connectivity index (χ0) is 14.8. The highest BCUT2D eigenvalue weighted by Crippen LogP contribution is 2.24. The molecular formula is C15H15ClN4O. The van der Waals surface area contributed by atoms with Gasteiger partial charge in [-0.25, -0.2) is 9.97 Å². The van der Waals surface area contributed by atoms with Crippen molar-refractivity contribution in [3.8, 4) is 0 Å². The van der Waals surface area contributed by atoms with E-state index in [1.54, 1.807) is 24.4 Å². The summed E-state index contributed by atoms with van der Waals surface area (Å²) in [5.41, 5.74) is 1.78. The molecule has 6 heteroatoms. The lowest BCUT2D eigenvalue weighted by Gasteiger charge is -2.09. The molecule has 1 heterocycles. The third-order valence-electron chi connectivity index (χ3n) is 3.33. The van der Waals surface area contributed by atoms with Gasteiger partial charge in [0.1, 0.15) is 11.5 Å². The molecule has 0 atom stereocenters. The topological polar surface area (TPSA) is 66.9 Å². The van der Waals surface area contributed by atoms with E-state index in [1.165, 1.54) is 6.20 Å². The van der Waals surface area contributed by atoms with E-state index in [0.717, 1.165) is 18.4 Å². The number of rotatable bonds is 4. The Hall–Kier alpha value is -2.14. The maximum atomic E-state index is 12.1. The van der Waals surface area contributed by atoms with Gasteiger partial charge in [-0.1, -0.05) is 17.7 Å². The van der Waals surface area contributed by atoms with Gasteiger partial charge in [0.2, 0.25) is 0 Å². The molecule has 1 saturated carbocycles. The third kappa shape index (κ3) is 3.31. The number of amides is 1. The summed E-state index contributed by atoms with van der Waals surface area (Å²) >= 11 is 6.03. The monoisotopic (exact) mass is 302 g/mol. The minimum atomic E-state index is -0.300. The summed E-state index contributed by atoms with van der Waals surface area (Å²) in [5.74, 6) is 0.402. The van der Waals surface area contributed by atoms with E-state index in [1.807, 2.05) is 6.92 Å². The fourth-order valence-electron chi connectivity index (χ4n) is 1.89. The summed E-state index contributed by atoms with van der Waals surface area (Å²) in [6, 6.07) is 5.88. The average molecular weight is 303 g/mol. The minimum absolute atomic E-state index is 0.274. The van der Waals surface area contributed by atoms with Crippen molar-refractivity contribution in [2.24, 2.45) is 0 Å². The SMILES string of the molecule is Cc1c(Cl)cccc1NC(=O)c1cnc(NC2CC2)cn1. The lowest BCUT2D eigenvalue weighted by atomic mass is 10.2. The van der Waals surface area contributed by atoms with Crippen LogP contribution in [-0.4, -0.2) is 21.9 Å². The van der Waals surface area contributed by atoms with Crippen LogP contribution in [0.3, 0.4) is 0 Å². The molecular weight excluding hydrogens is 288 g/mol. The number of carbonyl (C=O) groups excluding carboxylic acids is 1. The molecule has 2 N–H and O–H groups in total. The van der Waals surface area contributed by atoms with Crippen LogP contribution in [-0.2, 0) is 0 Å². The maximum absolute atomic E-state index is 12.1. The molecule has 21 heavy (non-hydrogen) atoms. The smallest absolute Gasteiger partial charge is 0.275 e. The second-order valence-corrected chi connectivity index (χ2v) is 5.48. The molecule has 1 aliphatic carbocycles. The van der Waals surface area contributed by atoms with E-state index in [-0.39, 0.29) is 11.6 Å². The predicted molar refractivity (Wildman–Crippen MR) is 82.8 cm³/mol. The van der Waals surface area contributed by atoms with Gasteiger partial charge in [0.25, 0.3) is 5.91 Å². The van der Waals surface area contributed by atoms with Crippen LogP contribution in [0.4, 0.5) is 11.5 Å². The van der Waals surface area contributed by atoms with E-state index >= 15 is 0 Å². The van der Waals surface area contributed by atoms with Crippen molar-refractivity contribution >= 4 is 29.0 Å². The quantitative estimate of drug-likeness (QED) is 0.909. The molecule has 2 aromatic rings. The van der Waals surface area contributed by atoms with Crippen molar-refractivity contribution in [1.29, 1.82) is 0 Å².